The van der Waals surface area contributed by atoms with Crippen molar-refractivity contribution in [3.05, 3.63) is 23.8 Å². The van der Waals surface area contributed by atoms with E-state index < -0.39 is 5.41 Å². The summed E-state index contributed by atoms with van der Waals surface area (Å²) in [5, 5.41) is 19.1. The minimum absolute atomic E-state index is 0.239. The number of methoxy groups -OCH3 is 1. The Hall–Kier alpha value is -2.24. The number of hydrogen-bond acceptors (Lipinski definition) is 5. The maximum atomic E-state index is 9.98. The molecule has 2 saturated carbocycles. The van der Waals surface area contributed by atoms with Crippen LogP contribution < -0.4 is 9.47 Å². The van der Waals surface area contributed by atoms with Crippen LogP contribution in [0.5, 0.6) is 11.5 Å². The van der Waals surface area contributed by atoms with Crippen LogP contribution in [0.1, 0.15) is 56.9 Å². The third kappa shape index (κ3) is 2.81. The van der Waals surface area contributed by atoms with Crippen LogP contribution >= 0.6 is 0 Å². The van der Waals surface area contributed by atoms with Gasteiger partial charge in [-0.2, -0.15) is 10.5 Å². The van der Waals surface area contributed by atoms with Gasteiger partial charge in [0.2, 0.25) is 0 Å². The average molecular weight is 352 g/mol. The molecule has 26 heavy (non-hydrogen) atoms. The van der Waals surface area contributed by atoms with Gasteiger partial charge in [-0.1, -0.05) is 6.07 Å². The highest BCUT2D eigenvalue weighted by Crippen LogP contribution is 2.54. The van der Waals surface area contributed by atoms with Crippen LogP contribution in [0, 0.1) is 22.7 Å². The van der Waals surface area contributed by atoms with Crippen molar-refractivity contribution in [3.63, 3.8) is 0 Å². The zero-order valence-electron chi connectivity index (χ0n) is 15.2. The topological polar surface area (TPSA) is 78.6 Å². The molecule has 5 nitrogen and oxygen atoms in total. The van der Waals surface area contributed by atoms with Crippen molar-refractivity contribution >= 4 is 0 Å². The molecule has 1 saturated heterocycles. The minimum atomic E-state index is -0.544. The van der Waals surface area contributed by atoms with E-state index in [0.29, 0.717) is 12.8 Å². The van der Waals surface area contributed by atoms with Crippen molar-refractivity contribution in [3.8, 4) is 23.6 Å². The van der Waals surface area contributed by atoms with Crippen molar-refractivity contribution in [2.75, 3.05) is 7.11 Å². The molecule has 0 unspecified atom stereocenters. The van der Waals surface area contributed by atoms with E-state index in [1.165, 1.54) is 12.8 Å². The number of benzene rings is 1. The van der Waals surface area contributed by atoms with Crippen LogP contribution in [-0.4, -0.2) is 24.9 Å². The molecule has 0 bridgehead atoms. The van der Waals surface area contributed by atoms with Gasteiger partial charge in [0.15, 0.2) is 17.6 Å². The lowest BCUT2D eigenvalue weighted by Gasteiger charge is -2.34. The number of epoxide rings is 1. The Balaban J connectivity index is 1.58. The standard InChI is InChI=1S/C21H24N2O3/c1-24-17-7-6-15(12-18(17)25-16-4-2-3-5-16)20(14-23)8-10-21(11-9-20)19(13-22)26-21/h6-7,12,16,19H,2-5,8-11H2,1H3/t19-,20?,21?/m0/s1. The second-order valence-electron chi connectivity index (χ2n) is 7.78. The lowest BCUT2D eigenvalue weighted by Crippen LogP contribution is -2.35. The maximum absolute atomic E-state index is 9.98. The third-order valence-electron chi connectivity index (χ3n) is 6.37. The molecule has 0 amide bonds. The highest BCUT2D eigenvalue weighted by atomic mass is 16.6. The van der Waals surface area contributed by atoms with Crippen molar-refractivity contribution in [2.45, 2.75) is 74.6 Å². The first-order valence-electron chi connectivity index (χ1n) is 9.49. The molecule has 1 aromatic carbocycles. The molecule has 3 fully saturated rings. The number of rotatable bonds is 4. The van der Waals surface area contributed by atoms with Crippen molar-refractivity contribution < 1.29 is 14.2 Å². The Morgan fingerprint density at radius 3 is 2.38 bits per heavy atom. The number of nitrogens with zero attached hydrogens (tertiary/aromatic N) is 2. The molecular formula is C21H24N2O3. The number of hydrogen-bond donors (Lipinski definition) is 0. The van der Waals surface area contributed by atoms with E-state index in [1.807, 2.05) is 18.2 Å². The Kier molecular flexibility index (Phi) is 4.29. The fraction of sp³-hybridized carbons (Fsp3) is 0.619. The lowest BCUT2D eigenvalue weighted by molar-refractivity contribution is 0.194. The van der Waals surface area contributed by atoms with Gasteiger partial charge in [0, 0.05) is 0 Å². The summed E-state index contributed by atoms with van der Waals surface area (Å²) >= 11 is 0. The predicted octanol–water partition coefficient (Wildman–Crippen LogP) is 4.01. The largest absolute Gasteiger partial charge is 0.493 e. The van der Waals surface area contributed by atoms with Gasteiger partial charge in [-0.25, -0.2) is 0 Å². The molecule has 1 spiro atoms. The van der Waals surface area contributed by atoms with Crippen LogP contribution in [-0.2, 0) is 10.2 Å². The maximum Gasteiger partial charge on any atom is 0.173 e. The van der Waals surface area contributed by atoms with Crippen molar-refractivity contribution in [2.24, 2.45) is 0 Å². The summed E-state index contributed by atoms with van der Waals surface area (Å²) in [6, 6.07) is 10.7. The Bertz CT molecular complexity index is 762. The number of nitriles is 2. The molecule has 2 aliphatic carbocycles. The first-order chi connectivity index (χ1) is 12.6. The smallest absolute Gasteiger partial charge is 0.173 e. The summed E-state index contributed by atoms with van der Waals surface area (Å²) in [5.74, 6) is 1.46. The van der Waals surface area contributed by atoms with Gasteiger partial charge in [0.05, 0.1) is 30.8 Å². The molecule has 136 valence electrons. The first kappa shape index (κ1) is 17.2. The molecule has 1 aliphatic heterocycles. The van der Waals surface area contributed by atoms with Gasteiger partial charge >= 0.3 is 0 Å². The Morgan fingerprint density at radius 1 is 1.08 bits per heavy atom. The van der Waals surface area contributed by atoms with Crippen LogP contribution in [0.3, 0.4) is 0 Å². The highest BCUT2D eigenvalue weighted by Gasteiger charge is 2.60. The molecule has 1 atom stereocenters. The van der Waals surface area contributed by atoms with E-state index in [9.17, 15) is 5.26 Å². The van der Waals surface area contributed by atoms with Gasteiger partial charge in [0.1, 0.15) is 5.60 Å². The summed E-state index contributed by atoms with van der Waals surface area (Å²) in [5.41, 5.74) is 0.139. The molecule has 0 radical (unpaired) electrons. The van der Waals surface area contributed by atoms with Crippen molar-refractivity contribution in [1.82, 2.24) is 0 Å². The van der Waals surface area contributed by atoms with Crippen LogP contribution in [0.2, 0.25) is 0 Å². The molecule has 1 heterocycles. The number of ether oxygens (including phenoxy) is 3. The van der Waals surface area contributed by atoms with Crippen LogP contribution in [0.25, 0.3) is 0 Å². The Labute approximate surface area is 154 Å². The van der Waals surface area contributed by atoms with Gasteiger partial charge < -0.3 is 14.2 Å². The van der Waals surface area contributed by atoms with Crippen LogP contribution in [0.15, 0.2) is 18.2 Å². The summed E-state index contributed by atoms with van der Waals surface area (Å²) in [7, 11) is 1.65. The van der Waals surface area contributed by atoms with Gasteiger partial charge in [-0.3, -0.25) is 0 Å². The normalized spacial score (nSPS) is 33.4. The summed E-state index contributed by atoms with van der Waals surface area (Å²) in [4.78, 5) is 0. The van der Waals surface area contributed by atoms with E-state index in [-0.39, 0.29) is 17.8 Å². The van der Waals surface area contributed by atoms with E-state index in [0.717, 1.165) is 42.7 Å². The fourth-order valence-electron chi connectivity index (χ4n) is 4.54. The van der Waals surface area contributed by atoms with Gasteiger partial charge in [0.25, 0.3) is 0 Å². The molecular weight excluding hydrogens is 328 g/mol. The van der Waals surface area contributed by atoms with Gasteiger partial charge in [-0.05, 0) is 69.1 Å². The average Bonchev–Trinajstić information content (AvgIpc) is 3.10. The second kappa shape index (κ2) is 6.49. The SMILES string of the molecule is COc1ccc(C2(C#N)CCC3(CC2)O[C@H]3C#N)cc1OC1CCCC1. The molecule has 4 rings (SSSR count). The summed E-state index contributed by atoms with van der Waals surface area (Å²) in [6.07, 6.45) is 7.42. The minimum Gasteiger partial charge on any atom is -0.493 e. The second-order valence-corrected chi connectivity index (χ2v) is 7.78. The monoisotopic (exact) mass is 352 g/mol. The Morgan fingerprint density at radius 2 is 1.81 bits per heavy atom. The van der Waals surface area contributed by atoms with E-state index in [1.54, 1.807) is 7.11 Å². The predicted molar refractivity (Wildman–Crippen MR) is 94.9 cm³/mol. The first-order valence-corrected chi connectivity index (χ1v) is 9.49. The highest BCUT2D eigenvalue weighted by molar-refractivity contribution is 5.48. The van der Waals surface area contributed by atoms with Crippen LogP contribution in [0.4, 0.5) is 0 Å². The quantitative estimate of drug-likeness (QED) is 0.765. The van der Waals surface area contributed by atoms with E-state index in [4.69, 9.17) is 19.5 Å². The zero-order chi connectivity index (χ0) is 18.2. The summed E-state index contributed by atoms with van der Waals surface area (Å²) < 4.78 is 17.3. The van der Waals surface area contributed by atoms with Gasteiger partial charge in [-0.15, -0.1) is 0 Å². The van der Waals surface area contributed by atoms with E-state index in [2.05, 4.69) is 12.1 Å². The lowest BCUT2D eigenvalue weighted by atomic mass is 9.66. The van der Waals surface area contributed by atoms with E-state index >= 15 is 0 Å². The molecule has 5 heteroatoms. The molecule has 3 aliphatic rings. The molecule has 0 N–H and O–H groups in total. The zero-order valence-corrected chi connectivity index (χ0v) is 15.2. The third-order valence-corrected chi connectivity index (χ3v) is 6.37. The molecule has 0 aromatic heterocycles. The fourth-order valence-corrected chi connectivity index (χ4v) is 4.54. The molecule has 1 aromatic rings. The van der Waals surface area contributed by atoms with Crippen molar-refractivity contribution in [1.29, 1.82) is 10.5 Å². The summed E-state index contributed by atoms with van der Waals surface area (Å²) in [6.45, 7) is 0.